The van der Waals surface area contributed by atoms with Crippen molar-refractivity contribution in [2.75, 3.05) is 13.2 Å². The minimum Gasteiger partial charge on any atom is -0.486 e. The van der Waals surface area contributed by atoms with Gasteiger partial charge in [-0.05, 0) is 17.7 Å². The lowest BCUT2D eigenvalue weighted by molar-refractivity contribution is 0.0946. The molecule has 0 bridgehead atoms. The molecule has 0 atom stereocenters. The first-order valence-corrected chi connectivity index (χ1v) is 7.22. The van der Waals surface area contributed by atoms with Gasteiger partial charge in [-0.2, -0.15) is 0 Å². The molecule has 1 amide bonds. The lowest BCUT2D eigenvalue weighted by atomic mass is 10.2. The van der Waals surface area contributed by atoms with E-state index in [4.69, 9.17) is 32.7 Å². The Balaban J connectivity index is 1.73. The molecule has 3 rings (SSSR count). The van der Waals surface area contributed by atoms with Gasteiger partial charge in [0.25, 0.3) is 5.91 Å². The second-order valence-electron chi connectivity index (χ2n) is 4.50. The van der Waals surface area contributed by atoms with Crippen LogP contribution in [0.4, 0.5) is 0 Å². The van der Waals surface area contributed by atoms with Crippen molar-refractivity contribution in [3.63, 3.8) is 0 Å². The van der Waals surface area contributed by atoms with Gasteiger partial charge in [0.05, 0.1) is 10.0 Å². The molecular weight excluding hydrogens is 329 g/mol. The molecule has 114 valence electrons. The van der Waals surface area contributed by atoms with Crippen LogP contribution in [0.1, 0.15) is 16.1 Å². The summed E-state index contributed by atoms with van der Waals surface area (Å²) in [4.78, 5) is 19.6. The van der Waals surface area contributed by atoms with E-state index < -0.39 is 5.91 Å². The van der Waals surface area contributed by atoms with E-state index in [0.29, 0.717) is 29.7 Å². The van der Waals surface area contributed by atoms with E-state index in [0.717, 1.165) is 5.56 Å². The zero-order valence-corrected chi connectivity index (χ0v) is 12.8. The largest absolute Gasteiger partial charge is 0.486 e. The van der Waals surface area contributed by atoms with Gasteiger partial charge in [-0.3, -0.25) is 4.79 Å². The van der Waals surface area contributed by atoms with Crippen LogP contribution in [0.3, 0.4) is 0 Å². The van der Waals surface area contributed by atoms with Crippen molar-refractivity contribution in [1.29, 1.82) is 0 Å². The van der Waals surface area contributed by atoms with Crippen molar-refractivity contribution < 1.29 is 14.3 Å². The summed E-state index contributed by atoms with van der Waals surface area (Å²) in [5, 5.41) is 3.36. The van der Waals surface area contributed by atoms with Crippen molar-refractivity contribution in [3.8, 4) is 11.5 Å². The van der Waals surface area contributed by atoms with Crippen LogP contribution in [-0.4, -0.2) is 29.1 Å². The van der Waals surface area contributed by atoms with Crippen LogP contribution < -0.4 is 14.8 Å². The average molecular weight is 340 g/mol. The quantitative estimate of drug-likeness (QED) is 0.929. The number of halogens is 2. The topological polar surface area (TPSA) is 73.3 Å². The van der Waals surface area contributed by atoms with E-state index in [1.165, 1.54) is 12.5 Å². The van der Waals surface area contributed by atoms with Gasteiger partial charge in [0, 0.05) is 12.7 Å². The Labute approximate surface area is 136 Å². The first-order chi connectivity index (χ1) is 10.6. The number of aromatic nitrogens is 2. The molecular formula is C14H11Cl2N3O3. The predicted molar refractivity (Wildman–Crippen MR) is 80.7 cm³/mol. The Bertz CT molecular complexity index is 724. The monoisotopic (exact) mass is 339 g/mol. The maximum Gasteiger partial charge on any atom is 0.271 e. The number of amides is 1. The highest BCUT2D eigenvalue weighted by Gasteiger charge is 2.17. The van der Waals surface area contributed by atoms with Crippen molar-refractivity contribution in [1.82, 2.24) is 15.3 Å². The Morgan fingerprint density at radius 3 is 2.86 bits per heavy atom. The van der Waals surface area contributed by atoms with E-state index in [-0.39, 0.29) is 17.3 Å². The first kappa shape index (κ1) is 14.9. The number of nitrogens with one attached hydrogen (secondary N) is 1. The molecule has 1 aromatic heterocycles. The molecule has 22 heavy (non-hydrogen) atoms. The third kappa shape index (κ3) is 3.08. The van der Waals surface area contributed by atoms with Gasteiger partial charge in [0.2, 0.25) is 0 Å². The normalized spacial score (nSPS) is 12.8. The fourth-order valence-electron chi connectivity index (χ4n) is 2.01. The van der Waals surface area contributed by atoms with Crippen molar-refractivity contribution in [3.05, 3.63) is 46.0 Å². The number of benzene rings is 1. The summed E-state index contributed by atoms with van der Waals surface area (Å²) in [6.07, 6.45) is 2.63. The molecule has 0 saturated heterocycles. The third-order valence-electron chi connectivity index (χ3n) is 2.99. The molecule has 2 heterocycles. The van der Waals surface area contributed by atoms with Crippen LogP contribution in [0.2, 0.25) is 10.0 Å². The fraction of sp³-hybridized carbons (Fsp3) is 0.214. The van der Waals surface area contributed by atoms with E-state index in [1.807, 2.05) is 0 Å². The van der Waals surface area contributed by atoms with Crippen LogP contribution in [0.15, 0.2) is 24.7 Å². The Hall–Kier alpha value is -2.05. The van der Waals surface area contributed by atoms with Crippen LogP contribution in [0.25, 0.3) is 0 Å². The number of carbonyl (C=O) groups excluding carboxylic acids is 1. The summed E-state index contributed by atoms with van der Waals surface area (Å²) in [7, 11) is 0. The minimum atomic E-state index is -0.390. The minimum absolute atomic E-state index is 0.125. The molecule has 2 aromatic rings. The molecule has 8 heteroatoms. The number of ether oxygens (including phenoxy) is 2. The molecule has 0 spiro atoms. The maximum absolute atomic E-state index is 12.0. The highest BCUT2D eigenvalue weighted by Crippen LogP contribution is 2.38. The zero-order valence-electron chi connectivity index (χ0n) is 11.3. The molecule has 1 aliphatic rings. The Morgan fingerprint density at radius 1 is 1.23 bits per heavy atom. The van der Waals surface area contributed by atoms with Crippen LogP contribution in [0, 0.1) is 0 Å². The summed E-state index contributed by atoms with van der Waals surface area (Å²) in [6.45, 7) is 1.19. The van der Waals surface area contributed by atoms with Gasteiger partial charge in [-0.1, -0.05) is 23.2 Å². The number of fused-ring (bicyclic) bond motifs is 1. The summed E-state index contributed by atoms with van der Waals surface area (Å²) >= 11 is 12.0. The SMILES string of the molecule is O=C(NCc1cc(Cl)c2c(c1)OCCO2)c1ncncc1Cl. The first-order valence-electron chi connectivity index (χ1n) is 6.47. The number of hydrogen-bond donors (Lipinski definition) is 1. The van der Waals surface area contributed by atoms with Gasteiger partial charge < -0.3 is 14.8 Å². The summed E-state index contributed by atoms with van der Waals surface area (Å²) < 4.78 is 10.9. The van der Waals surface area contributed by atoms with Crippen molar-refractivity contribution in [2.45, 2.75) is 6.54 Å². The number of rotatable bonds is 3. The molecule has 0 unspecified atom stereocenters. The maximum atomic E-state index is 12.0. The van der Waals surface area contributed by atoms with Crippen LogP contribution in [-0.2, 0) is 6.54 Å². The number of carbonyl (C=O) groups is 1. The van der Waals surface area contributed by atoms with Crippen molar-refractivity contribution >= 4 is 29.1 Å². The van der Waals surface area contributed by atoms with E-state index >= 15 is 0 Å². The zero-order chi connectivity index (χ0) is 15.5. The lowest BCUT2D eigenvalue weighted by Crippen LogP contribution is -2.24. The molecule has 0 saturated carbocycles. The van der Waals surface area contributed by atoms with Gasteiger partial charge >= 0.3 is 0 Å². The van der Waals surface area contributed by atoms with Gasteiger partial charge in [-0.15, -0.1) is 0 Å². The number of hydrogen-bond acceptors (Lipinski definition) is 5. The average Bonchev–Trinajstić information content (AvgIpc) is 2.53. The highest BCUT2D eigenvalue weighted by molar-refractivity contribution is 6.33. The Morgan fingerprint density at radius 2 is 2.05 bits per heavy atom. The summed E-state index contributed by atoms with van der Waals surface area (Å²) in [5.74, 6) is 0.711. The summed E-state index contributed by atoms with van der Waals surface area (Å²) in [5.41, 5.74) is 0.910. The standard InChI is InChI=1S/C14H11Cl2N3O3/c15-9-3-8(4-11-13(9)22-2-1-21-11)5-18-14(20)12-10(16)6-17-7-19-12/h3-4,6-7H,1-2,5H2,(H,18,20). The fourth-order valence-corrected chi connectivity index (χ4v) is 2.49. The second kappa shape index (κ2) is 6.37. The number of nitrogens with zero attached hydrogens (tertiary/aromatic N) is 2. The van der Waals surface area contributed by atoms with Gasteiger partial charge in [0.15, 0.2) is 11.5 Å². The smallest absolute Gasteiger partial charge is 0.271 e. The van der Waals surface area contributed by atoms with Gasteiger partial charge in [-0.25, -0.2) is 9.97 Å². The summed E-state index contributed by atoms with van der Waals surface area (Å²) in [6, 6.07) is 3.50. The van der Waals surface area contributed by atoms with E-state index in [9.17, 15) is 4.79 Å². The lowest BCUT2D eigenvalue weighted by Gasteiger charge is -2.20. The highest BCUT2D eigenvalue weighted by atomic mass is 35.5. The van der Waals surface area contributed by atoms with E-state index in [1.54, 1.807) is 12.1 Å². The second-order valence-corrected chi connectivity index (χ2v) is 5.32. The molecule has 1 aliphatic heterocycles. The Kier molecular flexibility index (Phi) is 4.31. The molecule has 1 aromatic carbocycles. The molecule has 0 radical (unpaired) electrons. The molecule has 0 fully saturated rings. The molecule has 6 nitrogen and oxygen atoms in total. The van der Waals surface area contributed by atoms with Crippen LogP contribution in [0.5, 0.6) is 11.5 Å². The van der Waals surface area contributed by atoms with E-state index in [2.05, 4.69) is 15.3 Å². The van der Waals surface area contributed by atoms with Crippen molar-refractivity contribution in [2.24, 2.45) is 0 Å². The van der Waals surface area contributed by atoms with Gasteiger partial charge in [0.1, 0.15) is 25.2 Å². The van der Waals surface area contributed by atoms with Crippen LogP contribution >= 0.6 is 23.2 Å². The third-order valence-corrected chi connectivity index (χ3v) is 3.55. The molecule has 0 aliphatic carbocycles. The predicted octanol–water partition coefficient (Wildman–Crippen LogP) is 2.48. The molecule has 1 N–H and O–H groups in total.